The second-order valence-electron chi connectivity index (χ2n) is 14.2. The second-order valence-corrected chi connectivity index (χ2v) is 17.1. The lowest BCUT2D eigenvalue weighted by atomic mass is 9.95. The van der Waals surface area contributed by atoms with E-state index in [-0.39, 0.29) is 34.4 Å². The number of carboxylic acid groups (broad SMARTS) is 1. The van der Waals surface area contributed by atoms with E-state index in [0.717, 1.165) is 49.4 Å². The van der Waals surface area contributed by atoms with Crippen molar-refractivity contribution in [2.24, 2.45) is 0 Å². The minimum absolute atomic E-state index is 0.110. The van der Waals surface area contributed by atoms with Crippen LogP contribution in [-0.4, -0.2) is 77.5 Å². The number of pyridine rings is 1. The van der Waals surface area contributed by atoms with Crippen LogP contribution < -0.4 is 10.1 Å². The Hall–Kier alpha value is -3.12. The van der Waals surface area contributed by atoms with Crippen molar-refractivity contribution < 1.29 is 41.0 Å². The average molecular weight is 804 g/mol. The summed E-state index contributed by atoms with van der Waals surface area (Å²) in [5.74, 6) is -2.16. The zero-order valence-corrected chi connectivity index (χ0v) is 32.3. The molecule has 1 aliphatic heterocycles. The smallest absolute Gasteiger partial charge is 0.425 e. The second kappa shape index (κ2) is 18.0. The van der Waals surface area contributed by atoms with E-state index in [1.54, 1.807) is 6.07 Å². The highest BCUT2D eigenvalue weighted by atomic mass is 35.5. The molecular weight excluding hydrogens is 756 g/mol. The zero-order valence-electron chi connectivity index (χ0n) is 29.9. The number of nitrogens with one attached hydrogen (secondary N) is 1. The molecule has 0 unspecified atom stereocenters. The summed E-state index contributed by atoms with van der Waals surface area (Å²) in [4.78, 5) is 30.2. The SMILES string of the molecule is CCCCCCCCCCNC1(C#N)CC1.C[C@H](Oc1ccc(S(=O)(=O)[C@@H]2C[C@@H](C(=O)O)N(C(=O)C3(c4ccc(Cl)nc4)CC3)C2)c(Cl)c1)C(F)(F)F. The summed E-state index contributed by atoms with van der Waals surface area (Å²) in [6, 6.07) is 7.13. The van der Waals surface area contributed by atoms with Gasteiger partial charge >= 0.3 is 12.1 Å². The van der Waals surface area contributed by atoms with Crippen LogP contribution in [0.15, 0.2) is 41.4 Å². The van der Waals surface area contributed by atoms with Gasteiger partial charge in [-0.15, -0.1) is 0 Å². The van der Waals surface area contributed by atoms with Gasteiger partial charge in [0.15, 0.2) is 15.9 Å². The highest BCUT2D eigenvalue weighted by Gasteiger charge is 2.57. The van der Waals surface area contributed by atoms with Crippen molar-refractivity contribution in [1.82, 2.24) is 15.2 Å². The Labute approximate surface area is 319 Å². The first-order chi connectivity index (χ1) is 25.0. The fourth-order valence-corrected chi connectivity index (χ4v) is 8.79. The maximum atomic E-state index is 13.5. The quantitative estimate of drug-likeness (QED) is 0.120. The number of unbranched alkanes of at least 4 members (excludes halogenated alkanes) is 7. The summed E-state index contributed by atoms with van der Waals surface area (Å²) in [7, 11) is -4.27. The highest BCUT2D eigenvalue weighted by Crippen LogP contribution is 2.51. The van der Waals surface area contributed by atoms with E-state index in [2.05, 4.69) is 23.3 Å². The Morgan fingerprint density at radius 1 is 1.08 bits per heavy atom. The monoisotopic (exact) mass is 802 g/mol. The molecule has 2 saturated carbocycles. The molecule has 3 atom stereocenters. The summed E-state index contributed by atoms with van der Waals surface area (Å²) >= 11 is 11.9. The van der Waals surface area contributed by atoms with E-state index in [1.807, 2.05) is 0 Å². The van der Waals surface area contributed by atoms with Gasteiger partial charge in [-0.1, -0.05) is 81.1 Å². The van der Waals surface area contributed by atoms with Crippen molar-refractivity contribution in [3.05, 3.63) is 52.3 Å². The molecular formula is C37H47Cl2F3N4O6S. The first-order valence-electron chi connectivity index (χ1n) is 18.1. The third kappa shape index (κ3) is 11.0. The van der Waals surface area contributed by atoms with Crippen molar-refractivity contribution in [2.75, 3.05) is 13.1 Å². The molecule has 292 valence electrons. The van der Waals surface area contributed by atoms with E-state index in [1.165, 1.54) is 63.6 Å². The third-order valence-corrected chi connectivity index (χ3v) is 13.0. The molecule has 1 aromatic carbocycles. The number of carbonyl (C=O) groups is 2. The number of hydrogen-bond donors (Lipinski definition) is 2. The fraction of sp³-hybridized carbons (Fsp3) is 0.622. The van der Waals surface area contributed by atoms with Crippen LogP contribution in [0.1, 0.15) is 103 Å². The molecule has 2 N–H and O–H groups in total. The summed E-state index contributed by atoms with van der Waals surface area (Å²) in [6.07, 6.45) is 8.13. The number of nitrogens with zero attached hydrogens (tertiary/aromatic N) is 3. The van der Waals surface area contributed by atoms with Gasteiger partial charge in [-0.05, 0) is 75.8 Å². The van der Waals surface area contributed by atoms with Crippen LogP contribution >= 0.6 is 23.2 Å². The molecule has 0 radical (unpaired) electrons. The lowest BCUT2D eigenvalue weighted by Gasteiger charge is -2.27. The lowest BCUT2D eigenvalue weighted by Crippen LogP contribution is -2.46. The molecule has 53 heavy (non-hydrogen) atoms. The number of carbonyl (C=O) groups excluding carboxylic acids is 1. The predicted molar refractivity (Wildman–Crippen MR) is 195 cm³/mol. The Morgan fingerprint density at radius 2 is 1.72 bits per heavy atom. The van der Waals surface area contributed by atoms with E-state index in [9.17, 15) is 36.3 Å². The minimum Gasteiger partial charge on any atom is -0.481 e. The number of nitriles is 1. The summed E-state index contributed by atoms with van der Waals surface area (Å²) in [5, 5.41) is 20.6. The maximum absolute atomic E-state index is 13.5. The van der Waals surface area contributed by atoms with Gasteiger partial charge in [0, 0.05) is 18.8 Å². The standard InChI is InChI=1S/C23H21Cl2F3N2O6S.C14H26N2/c1-12(23(26,27)28)36-14-3-4-18(16(24)8-14)37(34,35)15-9-17(20(31)32)30(11-15)21(33)22(6-7-22)13-2-5-19(25)29-10-13;1-2-3-4-5-6-7-8-9-12-16-14(13-15)10-11-14/h2-5,8,10,12,15,17H,6-7,9,11H2,1H3,(H,31,32);16H,2-12H2,1H3/t12-,15+,17-;/m0./s1. The molecule has 3 fully saturated rings. The largest absolute Gasteiger partial charge is 0.481 e. The van der Waals surface area contributed by atoms with Crippen molar-refractivity contribution in [1.29, 1.82) is 5.26 Å². The zero-order chi connectivity index (χ0) is 39.0. The number of carboxylic acids is 1. The number of aromatic nitrogens is 1. The molecule has 3 aliphatic rings. The Kier molecular flexibility index (Phi) is 14.5. The fourth-order valence-electron chi connectivity index (χ4n) is 6.44. The maximum Gasteiger partial charge on any atom is 0.425 e. The molecule has 1 aromatic heterocycles. The number of alkyl halides is 3. The molecule has 0 spiro atoms. The molecule has 1 amide bonds. The topological polar surface area (TPSA) is 150 Å². The van der Waals surface area contributed by atoms with Crippen LogP contribution in [-0.2, 0) is 24.8 Å². The van der Waals surface area contributed by atoms with Gasteiger partial charge in [0.2, 0.25) is 5.91 Å². The van der Waals surface area contributed by atoms with Crippen LogP contribution in [0.25, 0.3) is 0 Å². The molecule has 10 nitrogen and oxygen atoms in total. The number of likely N-dealkylation sites (tertiary alicyclic amines) is 1. The molecule has 5 rings (SSSR count). The Balaban J connectivity index is 0.000000328. The first kappa shape index (κ1) is 42.6. The average Bonchev–Trinajstić information content (AvgIpc) is 4.03. The number of sulfone groups is 1. The van der Waals surface area contributed by atoms with E-state index >= 15 is 0 Å². The normalized spacial score (nSPS) is 20.5. The number of ether oxygens (including phenoxy) is 1. The van der Waals surface area contributed by atoms with Crippen LogP contribution in [0.3, 0.4) is 0 Å². The molecule has 16 heteroatoms. The third-order valence-electron chi connectivity index (χ3n) is 10.1. The summed E-state index contributed by atoms with van der Waals surface area (Å²) in [5.41, 5.74) is -0.555. The van der Waals surface area contributed by atoms with Crippen molar-refractivity contribution in [2.45, 2.75) is 137 Å². The summed E-state index contributed by atoms with van der Waals surface area (Å²) in [6.45, 7) is 3.69. The Morgan fingerprint density at radius 3 is 2.23 bits per heavy atom. The minimum atomic E-state index is -4.64. The molecule has 2 aromatic rings. The van der Waals surface area contributed by atoms with Crippen molar-refractivity contribution in [3.63, 3.8) is 0 Å². The highest BCUT2D eigenvalue weighted by molar-refractivity contribution is 7.92. The van der Waals surface area contributed by atoms with Gasteiger partial charge in [0.05, 0.1) is 26.7 Å². The van der Waals surface area contributed by atoms with Gasteiger partial charge < -0.3 is 14.7 Å². The van der Waals surface area contributed by atoms with E-state index < -0.39 is 55.6 Å². The molecule has 1 saturated heterocycles. The van der Waals surface area contributed by atoms with Gasteiger partial charge in [-0.3, -0.25) is 10.1 Å². The van der Waals surface area contributed by atoms with Gasteiger partial charge in [0.25, 0.3) is 0 Å². The van der Waals surface area contributed by atoms with Crippen LogP contribution in [0, 0.1) is 11.3 Å². The number of halogens is 5. The van der Waals surface area contributed by atoms with Crippen LogP contribution in [0.2, 0.25) is 10.2 Å². The van der Waals surface area contributed by atoms with Crippen LogP contribution in [0.5, 0.6) is 5.75 Å². The summed E-state index contributed by atoms with van der Waals surface area (Å²) < 4.78 is 69.9. The number of benzene rings is 1. The Bertz CT molecular complexity index is 1730. The van der Waals surface area contributed by atoms with Gasteiger partial charge in [0.1, 0.15) is 22.5 Å². The van der Waals surface area contributed by atoms with E-state index in [4.69, 9.17) is 33.2 Å². The van der Waals surface area contributed by atoms with Crippen molar-refractivity contribution >= 4 is 44.9 Å². The molecule has 2 heterocycles. The van der Waals surface area contributed by atoms with Gasteiger partial charge in [-0.25, -0.2) is 18.2 Å². The molecule has 0 bridgehead atoms. The van der Waals surface area contributed by atoms with Crippen LogP contribution in [0.4, 0.5) is 13.2 Å². The number of amides is 1. The van der Waals surface area contributed by atoms with Gasteiger partial charge in [-0.2, -0.15) is 18.4 Å². The number of aliphatic carboxylic acids is 1. The first-order valence-corrected chi connectivity index (χ1v) is 20.4. The molecule has 2 aliphatic carbocycles. The number of hydrogen-bond acceptors (Lipinski definition) is 8. The lowest BCUT2D eigenvalue weighted by molar-refractivity contribution is -0.189. The predicted octanol–water partition coefficient (Wildman–Crippen LogP) is 8.05. The van der Waals surface area contributed by atoms with Crippen molar-refractivity contribution in [3.8, 4) is 11.8 Å². The number of rotatable bonds is 17. The van der Waals surface area contributed by atoms with E-state index in [0.29, 0.717) is 18.4 Å².